The Labute approximate surface area is 143 Å². The Morgan fingerprint density at radius 3 is 2.62 bits per heavy atom. The van der Waals surface area contributed by atoms with Crippen molar-refractivity contribution in [3.05, 3.63) is 78.4 Å². The summed E-state index contributed by atoms with van der Waals surface area (Å²) in [6.07, 6.45) is 2.91. The molecule has 1 aliphatic heterocycles. The number of hydrogen-bond acceptors (Lipinski definition) is 4. The summed E-state index contributed by atoms with van der Waals surface area (Å²) in [7, 11) is 1.68. The van der Waals surface area contributed by atoms with Gasteiger partial charge < -0.3 is 4.74 Å². The van der Waals surface area contributed by atoms with Gasteiger partial charge in [0.2, 0.25) is 0 Å². The maximum atomic E-state index is 5.21. The quantitative estimate of drug-likeness (QED) is 0.688. The van der Waals surface area contributed by atoms with Crippen LogP contribution in [-0.4, -0.2) is 25.2 Å². The van der Waals surface area contributed by atoms with Crippen molar-refractivity contribution in [2.45, 2.75) is 18.4 Å². The van der Waals surface area contributed by atoms with Crippen LogP contribution in [0, 0.1) is 0 Å². The Bertz CT molecular complexity index is 682. The number of nitrogens with zero attached hydrogens (tertiary/aromatic N) is 3. The zero-order valence-corrected chi connectivity index (χ0v) is 14.0. The summed E-state index contributed by atoms with van der Waals surface area (Å²) in [6, 6.07) is 18.7. The van der Waals surface area contributed by atoms with Gasteiger partial charge in [-0.25, -0.2) is 0 Å². The van der Waals surface area contributed by atoms with Crippen molar-refractivity contribution < 1.29 is 4.74 Å². The number of rotatable bonds is 7. The van der Waals surface area contributed by atoms with Gasteiger partial charge in [0.25, 0.3) is 0 Å². The van der Waals surface area contributed by atoms with Gasteiger partial charge in [-0.2, -0.15) is 5.11 Å². The number of methoxy groups -OCH3 is 1. The first-order valence-corrected chi connectivity index (χ1v) is 8.25. The van der Waals surface area contributed by atoms with E-state index >= 15 is 0 Å². The van der Waals surface area contributed by atoms with Gasteiger partial charge in [-0.15, -0.1) is 6.58 Å². The molecule has 0 bridgehead atoms. The first-order valence-electron chi connectivity index (χ1n) is 8.25. The van der Waals surface area contributed by atoms with Crippen LogP contribution in [0.25, 0.3) is 0 Å². The fraction of sp³-hybridized carbons (Fsp3) is 0.300. The van der Waals surface area contributed by atoms with Crippen molar-refractivity contribution in [3.63, 3.8) is 0 Å². The number of hydrogen-bond donors (Lipinski definition) is 0. The second-order valence-corrected chi connectivity index (χ2v) is 6.00. The number of ether oxygens (including phenoxy) is 1. The molecule has 1 heterocycles. The highest BCUT2D eigenvalue weighted by Gasteiger charge is 2.23. The van der Waals surface area contributed by atoms with E-state index in [-0.39, 0.29) is 6.04 Å². The molecule has 4 heteroatoms. The molecule has 2 unspecified atom stereocenters. The molecule has 2 aromatic carbocycles. The predicted molar refractivity (Wildman–Crippen MR) is 96.2 cm³/mol. The van der Waals surface area contributed by atoms with Crippen molar-refractivity contribution in [2.75, 3.05) is 20.2 Å². The van der Waals surface area contributed by atoms with Gasteiger partial charge >= 0.3 is 0 Å². The van der Waals surface area contributed by atoms with Gasteiger partial charge in [0, 0.05) is 12.5 Å². The SMILES string of the molecule is C=CCC(CN1CC(c2ccc(OC)cc2)N=N1)c1ccccc1. The summed E-state index contributed by atoms with van der Waals surface area (Å²) < 4.78 is 5.21. The van der Waals surface area contributed by atoms with Gasteiger partial charge in [0.15, 0.2) is 0 Å². The highest BCUT2D eigenvalue weighted by molar-refractivity contribution is 5.29. The van der Waals surface area contributed by atoms with Crippen LogP contribution in [0.2, 0.25) is 0 Å². The lowest BCUT2D eigenvalue weighted by Gasteiger charge is -2.21. The molecule has 0 radical (unpaired) electrons. The number of benzene rings is 2. The van der Waals surface area contributed by atoms with Crippen LogP contribution in [0.5, 0.6) is 5.75 Å². The molecule has 4 nitrogen and oxygen atoms in total. The van der Waals surface area contributed by atoms with E-state index in [1.54, 1.807) is 7.11 Å². The van der Waals surface area contributed by atoms with Crippen LogP contribution >= 0.6 is 0 Å². The topological polar surface area (TPSA) is 37.2 Å². The third kappa shape index (κ3) is 3.82. The first kappa shape index (κ1) is 16.2. The molecule has 0 N–H and O–H groups in total. The normalized spacial score (nSPS) is 17.7. The maximum absolute atomic E-state index is 5.21. The maximum Gasteiger partial charge on any atom is 0.118 e. The van der Waals surface area contributed by atoms with Crippen LogP contribution < -0.4 is 4.74 Å². The summed E-state index contributed by atoms with van der Waals surface area (Å²) >= 11 is 0. The third-order valence-electron chi connectivity index (χ3n) is 4.36. The zero-order valence-electron chi connectivity index (χ0n) is 14.0. The lowest BCUT2D eigenvalue weighted by Crippen LogP contribution is -2.23. The lowest BCUT2D eigenvalue weighted by atomic mass is 9.95. The molecular formula is C20H23N3O. The van der Waals surface area contributed by atoms with Crippen LogP contribution in [0.3, 0.4) is 0 Å². The second-order valence-electron chi connectivity index (χ2n) is 6.00. The van der Waals surface area contributed by atoms with E-state index in [2.05, 4.69) is 58.3 Å². The zero-order chi connectivity index (χ0) is 16.8. The molecule has 1 aliphatic rings. The summed E-state index contributed by atoms with van der Waals surface area (Å²) in [6.45, 7) is 5.56. The van der Waals surface area contributed by atoms with Crippen molar-refractivity contribution in [3.8, 4) is 5.75 Å². The van der Waals surface area contributed by atoms with Gasteiger partial charge in [-0.3, -0.25) is 5.01 Å². The van der Waals surface area contributed by atoms with E-state index in [4.69, 9.17) is 4.74 Å². The first-order chi connectivity index (χ1) is 11.8. The summed E-state index contributed by atoms with van der Waals surface area (Å²) in [5.41, 5.74) is 2.49. The minimum absolute atomic E-state index is 0.0936. The van der Waals surface area contributed by atoms with E-state index < -0.39 is 0 Å². The largest absolute Gasteiger partial charge is 0.497 e. The van der Waals surface area contributed by atoms with E-state index in [1.165, 1.54) is 11.1 Å². The van der Waals surface area contributed by atoms with E-state index in [1.807, 2.05) is 24.3 Å². The standard InChI is InChI=1S/C20H23N3O/c1-3-7-18(16-8-5-4-6-9-16)14-23-15-20(21-22-23)17-10-12-19(24-2)13-11-17/h3-6,8-13,18,20H,1,7,14-15H2,2H3. The predicted octanol–water partition coefficient (Wildman–Crippen LogP) is 4.78. The van der Waals surface area contributed by atoms with Gasteiger partial charge in [0.1, 0.15) is 11.8 Å². The second kappa shape index (κ2) is 7.77. The number of allylic oxidation sites excluding steroid dienone is 1. The molecule has 2 atom stereocenters. The van der Waals surface area contributed by atoms with E-state index in [9.17, 15) is 0 Å². The monoisotopic (exact) mass is 321 g/mol. The molecule has 0 fully saturated rings. The van der Waals surface area contributed by atoms with Crippen molar-refractivity contribution in [1.82, 2.24) is 5.01 Å². The molecule has 0 saturated heterocycles. The van der Waals surface area contributed by atoms with E-state index in [0.29, 0.717) is 5.92 Å². The minimum Gasteiger partial charge on any atom is -0.497 e. The van der Waals surface area contributed by atoms with Gasteiger partial charge in [-0.1, -0.05) is 53.8 Å². The molecular weight excluding hydrogens is 298 g/mol. The Kier molecular flexibility index (Phi) is 5.26. The molecule has 0 saturated carbocycles. The molecule has 2 aromatic rings. The highest BCUT2D eigenvalue weighted by Crippen LogP contribution is 2.29. The fourth-order valence-electron chi connectivity index (χ4n) is 3.01. The average molecular weight is 321 g/mol. The smallest absolute Gasteiger partial charge is 0.118 e. The fourth-order valence-corrected chi connectivity index (χ4v) is 3.01. The van der Waals surface area contributed by atoms with Crippen molar-refractivity contribution >= 4 is 0 Å². The molecule has 24 heavy (non-hydrogen) atoms. The van der Waals surface area contributed by atoms with Crippen molar-refractivity contribution in [2.24, 2.45) is 10.3 Å². The summed E-state index contributed by atoms with van der Waals surface area (Å²) in [5.74, 6) is 1.25. The summed E-state index contributed by atoms with van der Waals surface area (Å²) in [4.78, 5) is 0. The van der Waals surface area contributed by atoms with Crippen LogP contribution in [0.1, 0.15) is 29.5 Å². The Morgan fingerprint density at radius 2 is 1.96 bits per heavy atom. The average Bonchev–Trinajstić information content (AvgIpc) is 3.11. The molecule has 3 rings (SSSR count). The summed E-state index contributed by atoms with van der Waals surface area (Å²) in [5, 5.41) is 10.9. The lowest BCUT2D eigenvalue weighted by molar-refractivity contribution is 0.287. The molecule has 124 valence electrons. The van der Waals surface area contributed by atoms with Crippen LogP contribution in [-0.2, 0) is 0 Å². The van der Waals surface area contributed by atoms with Gasteiger partial charge in [-0.05, 0) is 29.7 Å². The molecule has 0 aliphatic carbocycles. The van der Waals surface area contributed by atoms with Crippen LogP contribution in [0.15, 0.2) is 77.6 Å². The Morgan fingerprint density at radius 1 is 1.21 bits per heavy atom. The van der Waals surface area contributed by atoms with E-state index in [0.717, 1.165) is 25.3 Å². The van der Waals surface area contributed by atoms with Crippen LogP contribution in [0.4, 0.5) is 0 Å². The molecule has 0 spiro atoms. The highest BCUT2D eigenvalue weighted by atomic mass is 16.5. The molecule has 0 aromatic heterocycles. The Hall–Kier alpha value is -2.62. The molecule has 0 amide bonds. The Balaban J connectivity index is 1.64. The third-order valence-corrected chi connectivity index (χ3v) is 4.36. The minimum atomic E-state index is 0.0936. The van der Waals surface area contributed by atoms with Gasteiger partial charge in [0.05, 0.1) is 13.7 Å². The van der Waals surface area contributed by atoms with Crippen molar-refractivity contribution in [1.29, 1.82) is 0 Å².